The van der Waals surface area contributed by atoms with E-state index in [2.05, 4.69) is 58.9 Å². The number of benzene rings is 1. The molecule has 16 heavy (non-hydrogen) atoms. The van der Waals surface area contributed by atoms with Crippen molar-refractivity contribution in [2.75, 3.05) is 0 Å². The summed E-state index contributed by atoms with van der Waals surface area (Å²) in [6.45, 7) is 11.1. The minimum absolute atomic E-state index is 0.556. The highest BCUT2D eigenvalue weighted by Gasteiger charge is 2.19. The first-order valence-electron chi connectivity index (χ1n) is 5.98. The Morgan fingerprint density at radius 1 is 0.938 bits per heavy atom. The molecular weight excluding hydrogens is 192 g/mol. The Bertz CT molecular complexity index is 464. The monoisotopic (exact) mass is 212 g/mol. The van der Waals surface area contributed by atoms with Crippen molar-refractivity contribution >= 4 is 5.57 Å². The molecule has 0 saturated carbocycles. The molecule has 0 heterocycles. The van der Waals surface area contributed by atoms with Gasteiger partial charge in [0, 0.05) is 5.92 Å². The van der Waals surface area contributed by atoms with Crippen LogP contribution in [0.3, 0.4) is 0 Å². The summed E-state index contributed by atoms with van der Waals surface area (Å²) in [5, 5.41) is 0. The number of hydrogen-bond acceptors (Lipinski definition) is 0. The maximum absolute atomic E-state index is 2.30. The summed E-state index contributed by atoms with van der Waals surface area (Å²) in [5.74, 6) is 0.556. The van der Waals surface area contributed by atoms with E-state index in [0.717, 1.165) is 0 Å². The summed E-state index contributed by atoms with van der Waals surface area (Å²) < 4.78 is 0. The Morgan fingerprint density at radius 2 is 1.50 bits per heavy atom. The molecule has 0 radical (unpaired) electrons. The van der Waals surface area contributed by atoms with Crippen molar-refractivity contribution < 1.29 is 0 Å². The maximum atomic E-state index is 2.30. The third kappa shape index (κ3) is 1.73. The van der Waals surface area contributed by atoms with E-state index in [0.29, 0.717) is 5.92 Å². The summed E-state index contributed by atoms with van der Waals surface area (Å²) >= 11 is 0. The average Bonchev–Trinajstić information content (AvgIpc) is 2.47. The second kappa shape index (κ2) is 3.93. The zero-order chi connectivity index (χ0) is 11.9. The van der Waals surface area contributed by atoms with E-state index in [1.165, 1.54) is 33.4 Å². The molecule has 1 unspecified atom stereocenters. The second-order valence-corrected chi connectivity index (χ2v) is 5.02. The molecule has 84 valence electrons. The lowest BCUT2D eigenvalue weighted by atomic mass is 9.87. The van der Waals surface area contributed by atoms with Gasteiger partial charge in [0.25, 0.3) is 0 Å². The standard InChI is InChI=1S/C16H20/c1-10-8-13(4)16(14(5)9-10)15-11(2)6-7-12(15)3/h6-9,11H,1-5H3. The summed E-state index contributed by atoms with van der Waals surface area (Å²) in [6.07, 6.45) is 4.54. The van der Waals surface area contributed by atoms with Crippen LogP contribution >= 0.6 is 0 Å². The molecule has 0 aromatic heterocycles. The van der Waals surface area contributed by atoms with Crippen LogP contribution in [0.15, 0.2) is 29.9 Å². The van der Waals surface area contributed by atoms with Crippen LogP contribution in [0.4, 0.5) is 0 Å². The van der Waals surface area contributed by atoms with Crippen molar-refractivity contribution in [2.45, 2.75) is 34.6 Å². The largest absolute Gasteiger partial charge is 0.0770 e. The van der Waals surface area contributed by atoms with E-state index in [1.807, 2.05) is 0 Å². The Kier molecular flexibility index (Phi) is 2.75. The molecule has 0 fully saturated rings. The van der Waals surface area contributed by atoms with Gasteiger partial charge in [-0.1, -0.05) is 36.8 Å². The first kappa shape index (κ1) is 11.2. The molecule has 1 aliphatic carbocycles. The molecule has 1 atom stereocenters. The van der Waals surface area contributed by atoms with Gasteiger partial charge in [0.2, 0.25) is 0 Å². The van der Waals surface area contributed by atoms with Gasteiger partial charge in [0.15, 0.2) is 0 Å². The van der Waals surface area contributed by atoms with Gasteiger partial charge in [-0.3, -0.25) is 0 Å². The Balaban J connectivity index is 2.62. The van der Waals surface area contributed by atoms with E-state index in [1.54, 1.807) is 0 Å². The van der Waals surface area contributed by atoms with Gasteiger partial charge in [-0.05, 0) is 55.5 Å². The smallest absolute Gasteiger partial charge is 0.000154 e. The zero-order valence-electron chi connectivity index (χ0n) is 10.9. The van der Waals surface area contributed by atoms with Gasteiger partial charge in [0.05, 0.1) is 0 Å². The molecule has 1 aromatic rings. The van der Waals surface area contributed by atoms with Gasteiger partial charge in [-0.2, -0.15) is 0 Å². The van der Waals surface area contributed by atoms with Crippen molar-refractivity contribution in [3.63, 3.8) is 0 Å². The van der Waals surface area contributed by atoms with E-state index >= 15 is 0 Å². The molecule has 0 amide bonds. The quantitative estimate of drug-likeness (QED) is 0.638. The summed E-state index contributed by atoms with van der Waals surface area (Å²) in [4.78, 5) is 0. The summed E-state index contributed by atoms with van der Waals surface area (Å²) in [7, 11) is 0. The molecule has 0 nitrogen and oxygen atoms in total. The number of aryl methyl sites for hydroxylation is 3. The Labute approximate surface area is 98.7 Å². The van der Waals surface area contributed by atoms with Crippen LogP contribution < -0.4 is 0 Å². The van der Waals surface area contributed by atoms with Crippen LogP contribution in [0.25, 0.3) is 5.57 Å². The van der Waals surface area contributed by atoms with E-state index in [9.17, 15) is 0 Å². The Morgan fingerprint density at radius 3 is 1.94 bits per heavy atom. The van der Waals surface area contributed by atoms with Crippen LogP contribution in [-0.4, -0.2) is 0 Å². The predicted octanol–water partition coefficient (Wildman–Crippen LogP) is 4.59. The van der Waals surface area contributed by atoms with Crippen LogP contribution in [0, 0.1) is 26.7 Å². The SMILES string of the molecule is CC1=C(c2c(C)cc(C)cc2C)C(C)C=C1. The molecule has 0 spiro atoms. The normalized spacial score (nSPS) is 19.7. The number of hydrogen-bond donors (Lipinski definition) is 0. The Hall–Kier alpha value is -1.30. The molecular formula is C16H20. The maximum Gasteiger partial charge on any atom is 0.000154 e. The van der Waals surface area contributed by atoms with Gasteiger partial charge in [-0.15, -0.1) is 0 Å². The van der Waals surface area contributed by atoms with Crippen molar-refractivity contribution in [1.29, 1.82) is 0 Å². The van der Waals surface area contributed by atoms with Gasteiger partial charge in [0.1, 0.15) is 0 Å². The van der Waals surface area contributed by atoms with Gasteiger partial charge in [-0.25, -0.2) is 0 Å². The van der Waals surface area contributed by atoms with Crippen molar-refractivity contribution in [3.8, 4) is 0 Å². The summed E-state index contributed by atoms with van der Waals surface area (Å²) in [5.41, 5.74) is 8.55. The molecule has 0 aliphatic heterocycles. The lowest BCUT2D eigenvalue weighted by Crippen LogP contribution is -2.00. The van der Waals surface area contributed by atoms with Crippen LogP contribution in [-0.2, 0) is 0 Å². The molecule has 0 N–H and O–H groups in total. The highest BCUT2D eigenvalue weighted by Crippen LogP contribution is 2.37. The van der Waals surface area contributed by atoms with Crippen LogP contribution in [0.2, 0.25) is 0 Å². The average molecular weight is 212 g/mol. The highest BCUT2D eigenvalue weighted by molar-refractivity contribution is 5.79. The minimum Gasteiger partial charge on any atom is -0.0770 e. The number of allylic oxidation sites excluding steroid dienone is 4. The molecule has 0 heteroatoms. The fraction of sp³-hybridized carbons (Fsp3) is 0.375. The zero-order valence-corrected chi connectivity index (χ0v) is 10.9. The van der Waals surface area contributed by atoms with Crippen molar-refractivity contribution in [1.82, 2.24) is 0 Å². The van der Waals surface area contributed by atoms with E-state index in [4.69, 9.17) is 0 Å². The van der Waals surface area contributed by atoms with E-state index in [-0.39, 0.29) is 0 Å². The van der Waals surface area contributed by atoms with Crippen molar-refractivity contribution in [3.05, 3.63) is 52.1 Å². The minimum atomic E-state index is 0.556. The first-order valence-corrected chi connectivity index (χ1v) is 5.98. The summed E-state index contributed by atoms with van der Waals surface area (Å²) in [6, 6.07) is 4.57. The van der Waals surface area contributed by atoms with Crippen LogP contribution in [0.5, 0.6) is 0 Å². The van der Waals surface area contributed by atoms with Crippen molar-refractivity contribution in [2.24, 2.45) is 5.92 Å². The second-order valence-electron chi connectivity index (χ2n) is 5.02. The third-order valence-corrected chi connectivity index (χ3v) is 3.46. The van der Waals surface area contributed by atoms with Gasteiger partial charge >= 0.3 is 0 Å². The predicted molar refractivity (Wildman–Crippen MR) is 71.6 cm³/mol. The lowest BCUT2D eigenvalue weighted by molar-refractivity contribution is 0.972. The first-order chi connectivity index (χ1) is 7.50. The van der Waals surface area contributed by atoms with Crippen LogP contribution in [0.1, 0.15) is 36.1 Å². The molecule has 1 aliphatic rings. The lowest BCUT2D eigenvalue weighted by Gasteiger charge is -2.17. The molecule has 2 rings (SSSR count). The highest BCUT2D eigenvalue weighted by atomic mass is 14.2. The van der Waals surface area contributed by atoms with E-state index < -0.39 is 0 Å². The topological polar surface area (TPSA) is 0 Å². The molecule has 0 saturated heterocycles. The van der Waals surface area contributed by atoms with Gasteiger partial charge < -0.3 is 0 Å². The molecule has 0 bridgehead atoms. The fourth-order valence-electron chi connectivity index (χ4n) is 2.86. The number of rotatable bonds is 1. The third-order valence-electron chi connectivity index (χ3n) is 3.46. The molecule has 1 aromatic carbocycles. The fourth-order valence-corrected chi connectivity index (χ4v) is 2.86.